The second-order valence-electron chi connectivity index (χ2n) is 6.48. The van der Waals surface area contributed by atoms with Crippen LogP contribution in [0.1, 0.15) is 23.9 Å². The van der Waals surface area contributed by atoms with Gasteiger partial charge in [-0.25, -0.2) is 15.0 Å². The van der Waals surface area contributed by atoms with E-state index in [0.29, 0.717) is 18.9 Å². The summed E-state index contributed by atoms with van der Waals surface area (Å²) in [4.78, 5) is 34.6. The minimum atomic E-state index is 0.0624. The maximum Gasteiger partial charge on any atom is 0.219 e. The van der Waals surface area contributed by atoms with Crippen molar-refractivity contribution < 1.29 is 4.79 Å². The van der Waals surface area contributed by atoms with Gasteiger partial charge in [-0.05, 0) is 18.6 Å². The van der Waals surface area contributed by atoms with Crippen LogP contribution in [0.3, 0.4) is 0 Å². The lowest BCUT2D eigenvalue weighted by Gasteiger charge is -2.28. The van der Waals surface area contributed by atoms with Gasteiger partial charge < -0.3 is 15.2 Å². The average molecular weight is 363 g/mol. The van der Waals surface area contributed by atoms with Crippen LogP contribution in [0.2, 0.25) is 0 Å². The van der Waals surface area contributed by atoms with Gasteiger partial charge in [0.2, 0.25) is 5.91 Å². The van der Waals surface area contributed by atoms with Gasteiger partial charge >= 0.3 is 0 Å². The van der Waals surface area contributed by atoms with E-state index in [4.69, 9.17) is 9.97 Å². The molecule has 3 aromatic heterocycles. The van der Waals surface area contributed by atoms with E-state index >= 15 is 0 Å². The number of rotatable bonds is 5. The molecule has 0 saturated carbocycles. The van der Waals surface area contributed by atoms with Crippen molar-refractivity contribution in [3.05, 3.63) is 53.9 Å². The molecule has 0 saturated heterocycles. The van der Waals surface area contributed by atoms with Crippen molar-refractivity contribution in [3.63, 3.8) is 0 Å². The molecule has 4 rings (SSSR count). The van der Waals surface area contributed by atoms with Crippen molar-refractivity contribution in [1.82, 2.24) is 29.8 Å². The summed E-state index contributed by atoms with van der Waals surface area (Å²) in [6, 6.07) is 5.67. The third-order valence-electron chi connectivity index (χ3n) is 4.65. The summed E-state index contributed by atoms with van der Waals surface area (Å²) in [5, 5.41) is 3.44. The number of anilines is 1. The molecule has 0 unspecified atom stereocenters. The van der Waals surface area contributed by atoms with Gasteiger partial charge in [-0.2, -0.15) is 0 Å². The van der Waals surface area contributed by atoms with Crippen LogP contribution in [0, 0.1) is 0 Å². The van der Waals surface area contributed by atoms with E-state index in [0.717, 1.165) is 47.8 Å². The third kappa shape index (κ3) is 3.79. The van der Waals surface area contributed by atoms with E-state index in [-0.39, 0.29) is 5.91 Å². The summed E-state index contributed by atoms with van der Waals surface area (Å²) >= 11 is 0. The Labute approximate surface area is 157 Å². The van der Waals surface area contributed by atoms with Gasteiger partial charge in [0, 0.05) is 50.1 Å². The highest BCUT2D eigenvalue weighted by atomic mass is 16.2. The number of hydrogen-bond acceptors (Lipinski definition) is 6. The van der Waals surface area contributed by atoms with Gasteiger partial charge in [-0.15, -0.1) is 0 Å². The summed E-state index contributed by atoms with van der Waals surface area (Å²) in [6.07, 6.45) is 6.78. The molecule has 27 heavy (non-hydrogen) atoms. The maximum absolute atomic E-state index is 11.8. The smallest absolute Gasteiger partial charge is 0.219 e. The SMILES string of the molecule is CC(=O)N1CCc2c(nc(-c3ccccn3)nc2NCCc2cnc[nH]2)C1. The molecule has 0 fully saturated rings. The first-order chi connectivity index (χ1) is 13.2. The number of nitrogens with one attached hydrogen (secondary N) is 2. The fourth-order valence-corrected chi connectivity index (χ4v) is 3.19. The van der Waals surface area contributed by atoms with E-state index in [1.54, 1.807) is 19.4 Å². The number of nitrogens with zero attached hydrogens (tertiary/aromatic N) is 5. The summed E-state index contributed by atoms with van der Waals surface area (Å²) in [7, 11) is 0. The molecule has 0 atom stereocenters. The molecule has 3 aromatic rings. The van der Waals surface area contributed by atoms with Gasteiger partial charge in [0.1, 0.15) is 11.5 Å². The Balaban J connectivity index is 1.64. The lowest BCUT2D eigenvalue weighted by Crippen LogP contribution is -2.35. The molecule has 138 valence electrons. The first-order valence-corrected chi connectivity index (χ1v) is 8.98. The van der Waals surface area contributed by atoms with Crippen LogP contribution in [-0.4, -0.2) is 48.8 Å². The molecule has 0 spiro atoms. The molecule has 1 aliphatic heterocycles. The highest BCUT2D eigenvalue weighted by Gasteiger charge is 2.24. The Kier molecular flexibility index (Phi) is 4.78. The zero-order valence-corrected chi connectivity index (χ0v) is 15.1. The van der Waals surface area contributed by atoms with Crippen molar-refractivity contribution in [2.75, 3.05) is 18.4 Å². The Morgan fingerprint density at radius 2 is 2.26 bits per heavy atom. The molecule has 1 amide bonds. The Hall–Kier alpha value is -3.29. The van der Waals surface area contributed by atoms with Crippen LogP contribution < -0.4 is 5.32 Å². The Morgan fingerprint density at radius 3 is 3.00 bits per heavy atom. The zero-order chi connectivity index (χ0) is 18.6. The minimum Gasteiger partial charge on any atom is -0.369 e. The number of aromatic amines is 1. The molecule has 8 nitrogen and oxygen atoms in total. The maximum atomic E-state index is 11.8. The molecule has 0 radical (unpaired) electrons. The first kappa shape index (κ1) is 17.1. The highest BCUT2D eigenvalue weighted by molar-refractivity contribution is 5.74. The van der Waals surface area contributed by atoms with Crippen LogP contribution in [0.5, 0.6) is 0 Å². The molecule has 4 heterocycles. The monoisotopic (exact) mass is 363 g/mol. The lowest BCUT2D eigenvalue weighted by molar-refractivity contribution is -0.129. The van der Waals surface area contributed by atoms with Gasteiger partial charge in [-0.3, -0.25) is 9.78 Å². The van der Waals surface area contributed by atoms with E-state index in [1.807, 2.05) is 29.3 Å². The Bertz CT molecular complexity index is 925. The fourth-order valence-electron chi connectivity index (χ4n) is 3.19. The van der Waals surface area contributed by atoms with Crippen LogP contribution >= 0.6 is 0 Å². The van der Waals surface area contributed by atoms with Crippen LogP contribution in [0.4, 0.5) is 5.82 Å². The van der Waals surface area contributed by atoms with Gasteiger partial charge in [-0.1, -0.05) is 6.07 Å². The third-order valence-corrected chi connectivity index (χ3v) is 4.65. The number of carbonyl (C=O) groups excluding carboxylic acids is 1. The van der Waals surface area contributed by atoms with Crippen molar-refractivity contribution >= 4 is 11.7 Å². The topological polar surface area (TPSA) is 99.7 Å². The summed E-state index contributed by atoms with van der Waals surface area (Å²) in [5.41, 5.74) is 3.75. The number of imidazole rings is 1. The number of H-pyrrole nitrogens is 1. The number of fused-ring (bicyclic) bond motifs is 1. The molecule has 2 N–H and O–H groups in total. The van der Waals surface area contributed by atoms with Crippen LogP contribution in [0.15, 0.2) is 36.9 Å². The van der Waals surface area contributed by atoms with Gasteiger partial charge in [0.25, 0.3) is 0 Å². The molecular formula is C19H21N7O. The number of amides is 1. The zero-order valence-electron chi connectivity index (χ0n) is 15.1. The number of pyridine rings is 1. The van der Waals surface area contributed by atoms with E-state index < -0.39 is 0 Å². The second kappa shape index (κ2) is 7.53. The van der Waals surface area contributed by atoms with Crippen LogP contribution in [0.25, 0.3) is 11.5 Å². The molecule has 0 bridgehead atoms. The largest absolute Gasteiger partial charge is 0.369 e. The van der Waals surface area contributed by atoms with Crippen molar-refractivity contribution in [1.29, 1.82) is 0 Å². The summed E-state index contributed by atoms with van der Waals surface area (Å²) in [6.45, 7) is 3.51. The van der Waals surface area contributed by atoms with Crippen molar-refractivity contribution in [2.24, 2.45) is 0 Å². The van der Waals surface area contributed by atoms with E-state index in [1.165, 1.54) is 0 Å². The number of aromatic nitrogens is 5. The predicted octanol–water partition coefficient (Wildman–Crippen LogP) is 1.82. The fraction of sp³-hybridized carbons (Fsp3) is 0.316. The first-order valence-electron chi connectivity index (χ1n) is 8.98. The second-order valence-corrected chi connectivity index (χ2v) is 6.48. The number of carbonyl (C=O) groups is 1. The van der Waals surface area contributed by atoms with Gasteiger partial charge in [0.15, 0.2) is 5.82 Å². The average Bonchev–Trinajstić information content (AvgIpc) is 3.21. The van der Waals surface area contributed by atoms with E-state index in [9.17, 15) is 4.79 Å². The van der Waals surface area contributed by atoms with Crippen molar-refractivity contribution in [3.8, 4) is 11.5 Å². The lowest BCUT2D eigenvalue weighted by atomic mass is 10.0. The molecule has 1 aliphatic rings. The standard InChI is InChI=1S/C19H21N7O/c1-13(27)26-9-6-15-17(11-26)24-19(16-4-2-3-7-21-16)25-18(15)22-8-5-14-10-20-12-23-14/h2-4,7,10,12H,5-6,8-9,11H2,1H3,(H,20,23)(H,22,24,25). The van der Waals surface area contributed by atoms with E-state index in [2.05, 4.69) is 20.3 Å². The number of hydrogen-bond donors (Lipinski definition) is 2. The molecule has 8 heteroatoms. The Morgan fingerprint density at radius 1 is 1.33 bits per heavy atom. The molecule has 0 aromatic carbocycles. The summed E-state index contributed by atoms with van der Waals surface area (Å²) < 4.78 is 0. The summed E-state index contributed by atoms with van der Waals surface area (Å²) in [5.74, 6) is 1.46. The quantitative estimate of drug-likeness (QED) is 0.717. The van der Waals surface area contributed by atoms with Gasteiger partial charge in [0.05, 0.1) is 18.6 Å². The molecule has 0 aliphatic carbocycles. The highest BCUT2D eigenvalue weighted by Crippen LogP contribution is 2.26. The normalized spacial score (nSPS) is 13.3. The molecular weight excluding hydrogens is 342 g/mol. The van der Waals surface area contributed by atoms with Crippen LogP contribution in [-0.2, 0) is 24.2 Å². The van der Waals surface area contributed by atoms with Crippen molar-refractivity contribution in [2.45, 2.75) is 26.3 Å². The predicted molar refractivity (Wildman–Crippen MR) is 101 cm³/mol. The minimum absolute atomic E-state index is 0.0624.